The predicted molar refractivity (Wildman–Crippen MR) is 252 cm³/mol. The van der Waals surface area contributed by atoms with Crippen LogP contribution in [-0.2, 0) is 0 Å². The quantitative estimate of drug-likeness (QED) is 0.168. The summed E-state index contributed by atoms with van der Waals surface area (Å²) in [7, 11) is 0. The molecule has 0 spiro atoms. The van der Waals surface area contributed by atoms with Gasteiger partial charge in [-0.1, -0.05) is 121 Å². The van der Waals surface area contributed by atoms with Crippen molar-refractivity contribution in [1.82, 2.24) is 9.13 Å². The van der Waals surface area contributed by atoms with E-state index in [4.69, 9.17) is 0 Å². The maximum absolute atomic E-state index is 16.2. The molecule has 9 aromatic carbocycles. The fourth-order valence-electron chi connectivity index (χ4n) is 9.60. The molecule has 0 aliphatic carbocycles. The second kappa shape index (κ2) is 12.5. The molecule has 0 atom stereocenters. The van der Waals surface area contributed by atoms with Crippen molar-refractivity contribution in [3.8, 4) is 33.6 Å². The van der Waals surface area contributed by atoms with E-state index in [1.807, 2.05) is 22.7 Å². The standard InChI is InChI=1S/C54H31FN2S2/c55-34-29-35(56-47-19-5-1-11-39(47)45-27-32(23-25-49(45)56)37-15-9-17-43-41-13-3-7-21-51(41)58-53(37)43)31-36(30-34)57-48-20-6-2-12-40(48)46-28-33(24-26-50(46)57)38-16-10-18-44-42-14-4-8-22-52(42)59-54(38)44/h1-31H. The van der Waals surface area contributed by atoms with Crippen LogP contribution in [0.15, 0.2) is 188 Å². The van der Waals surface area contributed by atoms with E-state index in [0.717, 1.165) is 55.0 Å². The lowest BCUT2D eigenvalue weighted by atomic mass is 10.0. The van der Waals surface area contributed by atoms with Crippen LogP contribution < -0.4 is 0 Å². The number of aromatic nitrogens is 2. The van der Waals surface area contributed by atoms with Gasteiger partial charge in [-0.05, 0) is 89.0 Å². The Bertz CT molecular complexity index is 3630. The lowest BCUT2D eigenvalue weighted by Crippen LogP contribution is -2.00. The molecule has 0 radical (unpaired) electrons. The Kier molecular flexibility index (Phi) is 6.97. The van der Waals surface area contributed by atoms with Gasteiger partial charge in [-0.2, -0.15) is 0 Å². The second-order valence-corrected chi connectivity index (χ2v) is 17.5. The number of nitrogens with zero attached hydrogens (tertiary/aromatic N) is 2. The maximum Gasteiger partial charge on any atom is 0.127 e. The van der Waals surface area contributed by atoms with Gasteiger partial charge in [-0.3, -0.25) is 0 Å². The Balaban J connectivity index is 0.989. The molecule has 13 rings (SSSR count). The first-order valence-electron chi connectivity index (χ1n) is 19.9. The topological polar surface area (TPSA) is 9.86 Å². The monoisotopic (exact) mass is 790 g/mol. The third-order valence-electron chi connectivity index (χ3n) is 12.2. The molecule has 4 aromatic heterocycles. The van der Waals surface area contributed by atoms with Crippen molar-refractivity contribution < 1.29 is 4.39 Å². The predicted octanol–water partition coefficient (Wildman–Crippen LogP) is 16.1. The van der Waals surface area contributed by atoms with Crippen LogP contribution in [0.4, 0.5) is 4.39 Å². The van der Waals surface area contributed by atoms with Crippen molar-refractivity contribution >= 4 is 107 Å². The smallest absolute Gasteiger partial charge is 0.127 e. The molecule has 276 valence electrons. The van der Waals surface area contributed by atoms with E-state index in [9.17, 15) is 0 Å². The molecule has 0 saturated heterocycles. The highest BCUT2D eigenvalue weighted by Crippen LogP contribution is 2.44. The van der Waals surface area contributed by atoms with Crippen molar-refractivity contribution in [3.05, 3.63) is 194 Å². The van der Waals surface area contributed by atoms with Gasteiger partial charge in [0, 0.05) is 61.9 Å². The number of fused-ring (bicyclic) bond motifs is 12. The number of thiophene rings is 2. The molecule has 13 aromatic rings. The van der Waals surface area contributed by atoms with Crippen LogP contribution in [-0.4, -0.2) is 9.13 Å². The molecule has 5 heteroatoms. The van der Waals surface area contributed by atoms with E-state index < -0.39 is 0 Å². The SMILES string of the molecule is Fc1cc(-n2c3ccccc3c3cc(-c4cccc5c4sc4ccccc45)ccc32)cc(-n2c3ccccc3c3cc(-c4cccc5c4sc4ccccc45)ccc32)c1. The normalized spacial score (nSPS) is 12.2. The molecular weight excluding hydrogens is 760 g/mol. The zero-order valence-electron chi connectivity index (χ0n) is 31.5. The summed E-state index contributed by atoms with van der Waals surface area (Å²) in [5.74, 6) is -0.282. The van der Waals surface area contributed by atoms with Crippen LogP contribution in [0.5, 0.6) is 0 Å². The Hall–Kier alpha value is -7.05. The first-order chi connectivity index (χ1) is 29.2. The van der Waals surface area contributed by atoms with Gasteiger partial charge in [0.15, 0.2) is 0 Å². The minimum Gasteiger partial charge on any atom is -0.309 e. The van der Waals surface area contributed by atoms with Crippen molar-refractivity contribution in [2.75, 3.05) is 0 Å². The average Bonchev–Trinajstić information content (AvgIpc) is 4.03. The van der Waals surface area contributed by atoms with Crippen LogP contribution in [0.2, 0.25) is 0 Å². The van der Waals surface area contributed by atoms with Gasteiger partial charge < -0.3 is 9.13 Å². The fourth-order valence-corrected chi connectivity index (χ4v) is 12.1. The molecule has 0 aliphatic rings. The summed E-state index contributed by atoms with van der Waals surface area (Å²) in [5.41, 5.74) is 10.5. The number of halogens is 1. The Morgan fingerprint density at radius 1 is 0.322 bits per heavy atom. The molecule has 4 heterocycles. The van der Waals surface area contributed by atoms with E-state index in [2.05, 4.69) is 185 Å². The summed E-state index contributed by atoms with van der Waals surface area (Å²) in [6, 6.07) is 66.5. The zero-order chi connectivity index (χ0) is 38.8. The van der Waals surface area contributed by atoms with Crippen LogP contribution in [0.25, 0.3) is 118 Å². The third kappa shape index (κ3) is 4.83. The minimum absolute atomic E-state index is 0.282. The van der Waals surface area contributed by atoms with E-state index in [1.54, 1.807) is 12.1 Å². The van der Waals surface area contributed by atoms with Gasteiger partial charge >= 0.3 is 0 Å². The molecule has 0 fully saturated rings. The van der Waals surface area contributed by atoms with Crippen LogP contribution in [0.3, 0.4) is 0 Å². The van der Waals surface area contributed by atoms with Crippen LogP contribution in [0.1, 0.15) is 0 Å². The first kappa shape index (κ1) is 33.0. The molecule has 0 saturated carbocycles. The maximum atomic E-state index is 16.2. The molecular formula is C54H31FN2S2. The van der Waals surface area contributed by atoms with E-state index in [-0.39, 0.29) is 5.82 Å². The number of rotatable bonds is 4. The summed E-state index contributed by atoms with van der Waals surface area (Å²) in [4.78, 5) is 0. The molecule has 0 bridgehead atoms. The summed E-state index contributed by atoms with van der Waals surface area (Å²) in [6.07, 6.45) is 0. The summed E-state index contributed by atoms with van der Waals surface area (Å²) < 4.78 is 25.8. The molecule has 0 aliphatic heterocycles. The van der Waals surface area contributed by atoms with Crippen molar-refractivity contribution in [2.45, 2.75) is 0 Å². The summed E-state index contributed by atoms with van der Waals surface area (Å²) in [5, 5.41) is 9.71. The highest BCUT2D eigenvalue weighted by Gasteiger charge is 2.20. The van der Waals surface area contributed by atoms with Gasteiger partial charge in [0.2, 0.25) is 0 Å². The van der Waals surface area contributed by atoms with E-state index in [0.29, 0.717) is 0 Å². The van der Waals surface area contributed by atoms with E-state index >= 15 is 4.39 Å². The van der Waals surface area contributed by atoms with Crippen molar-refractivity contribution in [2.24, 2.45) is 0 Å². The van der Waals surface area contributed by atoms with Gasteiger partial charge in [-0.15, -0.1) is 22.7 Å². The number of para-hydroxylation sites is 2. The Morgan fingerprint density at radius 2 is 0.729 bits per heavy atom. The number of hydrogen-bond acceptors (Lipinski definition) is 2. The van der Waals surface area contributed by atoms with Gasteiger partial charge in [0.1, 0.15) is 5.82 Å². The fraction of sp³-hybridized carbons (Fsp3) is 0. The van der Waals surface area contributed by atoms with Crippen molar-refractivity contribution in [1.29, 1.82) is 0 Å². The van der Waals surface area contributed by atoms with Crippen LogP contribution >= 0.6 is 22.7 Å². The lowest BCUT2D eigenvalue weighted by Gasteiger charge is -2.14. The lowest BCUT2D eigenvalue weighted by molar-refractivity contribution is 0.626. The largest absolute Gasteiger partial charge is 0.309 e. The van der Waals surface area contributed by atoms with Gasteiger partial charge in [0.25, 0.3) is 0 Å². The molecule has 0 amide bonds. The van der Waals surface area contributed by atoms with Crippen LogP contribution in [0, 0.1) is 5.82 Å². The molecule has 59 heavy (non-hydrogen) atoms. The summed E-state index contributed by atoms with van der Waals surface area (Å²) >= 11 is 3.70. The van der Waals surface area contributed by atoms with Gasteiger partial charge in [-0.25, -0.2) is 4.39 Å². The molecule has 2 nitrogen and oxygen atoms in total. The average molecular weight is 791 g/mol. The highest BCUT2D eigenvalue weighted by molar-refractivity contribution is 7.26. The van der Waals surface area contributed by atoms with Crippen molar-refractivity contribution in [3.63, 3.8) is 0 Å². The Morgan fingerprint density at radius 3 is 1.22 bits per heavy atom. The summed E-state index contributed by atoms with van der Waals surface area (Å²) in [6.45, 7) is 0. The second-order valence-electron chi connectivity index (χ2n) is 15.4. The third-order valence-corrected chi connectivity index (χ3v) is 14.6. The number of hydrogen-bond donors (Lipinski definition) is 0. The first-order valence-corrected chi connectivity index (χ1v) is 21.5. The highest BCUT2D eigenvalue weighted by atomic mass is 32.1. The molecule has 0 unspecified atom stereocenters. The molecule has 0 N–H and O–H groups in total. The zero-order valence-corrected chi connectivity index (χ0v) is 33.1. The Labute approximate surface area is 345 Å². The number of benzene rings is 9. The van der Waals surface area contributed by atoms with Gasteiger partial charge in [0.05, 0.1) is 33.4 Å². The minimum atomic E-state index is -0.282. The van der Waals surface area contributed by atoms with E-state index in [1.165, 1.54) is 62.6 Å².